The SMILES string of the molecule is CCOC(=O)C1(C(=O)OC)CCC(C)N1. The number of carbonyl (C=O) groups is 2. The lowest BCUT2D eigenvalue weighted by Crippen LogP contribution is -2.57. The number of rotatable bonds is 3. The third kappa shape index (κ3) is 2.12. The number of hydrogen-bond donors (Lipinski definition) is 1. The van der Waals surface area contributed by atoms with E-state index in [4.69, 9.17) is 4.74 Å². The van der Waals surface area contributed by atoms with Crippen LogP contribution in [0.15, 0.2) is 0 Å². The van der Waals surface area contributed by atoms with Crippen molar-refractivity contribution in [1.29, 1.82) is 0 Å². The minimum absolute atomic E-state index is 0.119. The second-order valence-corrected chi connectivity index (χ2v) is 3.70. The van der Waals surface area contributed by atoms with Crippen LogP contribution in [-0.2, 0) is 19.1 Å². The van der Waals surface area contributed by atoms with Crippen molar-refractivity contribution in [1.82, 2.24) is 5.32 Å². The Morgan fingerprint density at radius 1 is 1.47 bits per heavy atom. The van der Waals surface area contributed by atoms with Gasteiger partial charge >= 0.3 is 11.9 Å². The van der Waals surface area contributed by atoms with Gasteiger partial charge in [0.15, 0.2) is 0 Å². The lowest BCUT2D eigenvalue weighted by Gasteiger charge is -2.24. The molecule has 0 aromatic rings. The Bertz CT molecular complexity index is 266. The normalized spacial score (nSPS) is 29.9. The summed E-state index contributed by atoms with van der Waals surface area (Å²) >= 11 is 0. The molecule has 0 radical (unpaired) electrons. The van der Waals surface area contributed by atoms with Crippen LogP contribution in [0.5, 0.6) is 0 Å². The zero-order valence-corrected chi connectivity index (χ0v) is 9.33. The first-order valence-corrected chi connectivity index (χ1v) is 5.10. The lowest BCUT2D eigenvalue weighted by molar-refractivity contribution is -0.164. The quantitative estimate of drug-likeness (QED) is 0.539. The van der Waals surface area contributed by atoms with Crippen molar-refractivity contribution in [2.24, 2.45) is 0 Å². The highest BCUT2D eigenvalue weighted by molar-refractivity contribution is 6.05. The third-order valence-electron chi connectivity index (χ3n) is 2.60. The number of ether oxygens (including phenoxy) is 2. The van der Waals surface area contributed by atoms with Crippen molar-refractivity contribution in [2.75, 3.05) is 13.7 Å². The van der Waals surface area contributed by atoms with Gasteiger partial charge in [0.05, 0.1) is 13.7 Å². The molecule has 1 N–H and O–H groups in total. The predicted molar refractivity (Wildman–Crippen MR) is 53.2 cm³/mol. The molecule has 1 rings (SSSR count). The largest absolute Gasteiger partial charge is 0.467 e. The summed E-state index contributed by atoms with van der Waals surface area (Å²) in [7, 11) is 1.27. The van der Waals surface area contributed by atoms with Crippen LogP contribution < -0.4 is 5.32 Å². The summed E-state index contributed by atoms with van der Waals surface area (Å²) in [5.41, 5.74) is -1.29. The van der Waals surface area contributed by atoms with Crippen molar-refractivity contribution in [3.63, 3.8) is 0 Å². The van der Waals surface area contributed by atoms with Gasteiger partial charge in [-0.25, -0.2) is 9.59 Å². The van der Waals surface area contributed by atoms with Crippen LogP contribution in [0.1, 0.15) is 26.7 Å². The number of nitrogens with one attached hydrogen (secondary N) is 1. The van der Waals surface area contributed by atoms with Crippen LogP contribution in [0.2, 0.25) is 0 Å². The standard InChI is InChI=1S/C10H17NO4/c1-4-15-9(13)10(8(12)14-3)6-5-7(2)11-10/h7,11H,4-6H2,1-3H3. The van der Waals surface area contributed by atoms with Crippen molar-refractivity contribution >= 4 is 11.9 Å². The molecule has 0 aromatic carbocycles. The lowest BCUT2D eigenvalue weighted by atomic mass is 9.98. The molecule has 2 atom stereocenters. The van der Waals surface area contributed by atoms with Gasteiger partial charge in [-0.05, 0) is 26.7 Å². The summed E-state index contributed by atoms with van der Waals surface area (Å²) in [5.74, 6) is -1.11. The topological polar surface area (TPSA) is 64.6 Å². The van der Waals surface area contributed by atoms with E-state index in [9.17, 15) is 9.59 Å². The number of carbonyl (C=O) groups excluding carboxylic acids is 2. The highest BCUT2D eigenvalue weighted by Crippen LogP contribution is 2.26. The van der Waals surface area contributed by atoms with Gasteiger partial charge in [0.2, 0.25) is 5.54 Å². The predicted octanol–water partition coefficient (Wildman–Crippen LogP) is 0.233. The summed E-state index contributed by atoms with van der Waals surface area (Å²) < 4.78 is 9.55. The fourth-order valence-corrected chi connectivity index (χ4v) is 1.83. The molecule has 1 heterocycles. The van der Waals surface area contributed by atoms with Crippen molar-refractivity contribution in [3.8, 4) is 0 Å². The van der Waals surface area contributed by atoms with Gasteiger partial charge < -0.3 is 9.47 Å². The maximum Gasteiger partial charge on any atom is 0.338 e. The zero-order chi connectivity index (χ0) is 11.5. The zero-order valence-electron chi connectivity index (χ0n) is 9.33. The Morgan fingerprint density at radius 2 is 2.13 bits per heavy atom. The minimum atomic E-state index is -1.29. The molecular weight excluding hydrogens is 198 g/mol. The van der Waals surface area contributed by atoms with Gasteiger partial charge in [0, 0.05) is 6.04 Å². The second kappa shape index (κ2) is 4.61. The van der Waals surface area contributed by atoms with Gasteiger partial charge in [-0.1, -0.05) is 0 Å². The molecular formula is C10H17NO4. The van der Waals surface area contributed by atoms with E-state index >= 15 is 0 Å². The Labute approximate surface area is 89.1 Å². The molecule has 15 heavy (non-hydrogen) atoms. The summed E-state index contributed by atoms with van der Waals surface area (Å²) in [5, 5.41) is 2.95. The van der Waals surface area contributed by atoms with E-state index < -0.39 is 17.5 Å². The number of hydrogen-bond acceptors (Lipinski definition) is 5. The summed E-state index contributed by atoms with van der Waals surface area (Å²) in [6.45, 7) is 3.89. The maximum absolute atomic E-state index is 11.7. The monoisotopic (exact) mass is 215 g/mol. The first-order valence-electron chi connectivity index (χ1n) is 5.10. The first kappa shape index (κ1) is 12.0. The van der Waals surface area contributed by atoms with Gasteiger partial charge in [-0.3, -0.25) is 5.32 Å². The molecule has 86 valence electrons. The Kier molecular flexibility index (Phi) is 3.68. The molecule has 1 aliphatic heterocycles. The first-order chi connectivity index (χ1) is 7.06. The number of methoxy groups -OCH3 is 1. The highest BCUT2D eigenvalue weighted by Gasteiger charge is 2.52. The number of esters is 2. The van der Waals surface area contributed by atoms with Crippen LogP contribution in [0.25, 0.3) is 0 Å². The van der Waals surface area contributed by atoms with E-state index in [0.29, 0.717) is 6.42 Å². The molecule has 0 aliphatic carbocycles. The molecule has 0 aromatic heterocycles. The molecule has 5 heteroatoms. The molecule has 2 unspecified atom stereocenters. The molecule has 0 amide bonds. The summed E-state index contributed by atoms with van der Waals surface area (Å²) in [4.78, 5) is 23.3. The fraction of sp³-hybridized carbons (Fsp3) is 0.800. The van der Waals surface area contributed by atoms with Crippen LogP contribution in [0.4, 0.5) is 0 Å². The van der Waals surface area contributed by atoms with Crippen LogP contribution >= 0.6 is 0 Å². The van der Waals surface area contributed by atoms with E-state index in [1.165, 1.54) is 7.11 Å². The minimum Gasteiger partial charge on any atom is -0.467 e. The third-order valence-corrected chi connectivity index (χ3v) is 2.60. The molecule has 5 nitrogen and oxygen atoms in total. The van der Waals surface area contributed by atoms with Crippen LogP contribution in [0, 0.1) is 0 Å². The summed E-state index contributed by atoms with van der Waals surface area (Å²) in [6.07, 6.45) is 1.19. The molecule has 1 aliphatic rings. The highest BCUT2D eigenvalue weighted by atomic mass is 16.6. The molecule has 0 bridgehead atoms. The van der Waals surface area contributed by atoms with E-state index in [-0.39, 0.29) is 12.6 Å². The van der Waals surface area contributed by atoms with E-state index in [0.717, 1.165) is 6.42 Å². The van der Waals surface area contributed by atoms with Crippen molar-refractivity contribution in [2.45, 2.75) is 38.3 Å². The Morgan fingerprint density at radius 3 is 2.53 bits per heavy atom. The maximum atomic E-state index is 11.7. The van der Waals surface area contributed by atoms with E-state index in [2.05, 4.69) is 10.1 Å². The average Bonchev–Trinajstić information content (AvgIpc) is 2.61. The average molecular weight is 215 g/mol. The van der Waals surface area contributed by atoms with Gasteiger partial charge in [-0.2, -0.15) is 0 Å². The molecule has 1 fully saturated rings. The van der Waals surface area contributed by atoms with Crippen LogP contribution in [-0.4, -0.2) is 37.2 Å². The molecule has 1 saturated heterocycles. The van der Waals surface area contributed by atoms with Gasteiger partial charge in [0.25, 0.3) is 0 Å². The molecule has 0 saturated carbocycles. The summed E-state index contributed by atoms with van der Waals surface area (Å²) in [6, 6.07) is 0.119. The Hall–Kier alpha value is -1.10. The Balaban J connectivity index is 2.87. The van der Waals surface area contributed by atoms with Crippen molar-refractivity contribution < 1.29 is 19.1 Å². The second-order valence-electron chi connectivity index (χ2n) is 3.70. The van der Waals surface area contributed by atoms with Crippen molar-refractivity contribution in [3.05, 3.63) is 0 Å². The van der Waals surface area contributed by atoms with E-state index in [1.807, 2.05) is 6.92 Å². The fourth-order valence-electron chi connectivity index (χ4n) is 1.83. The van der Waals surface area contributed by atoms with Gasteiger partial charge in [0.1, 0.15) is 0 Å². The molecule has 0 spiro atoms. The van der Waals surface area contributed by atoms with E-state index in [1.54, 1.807) is 6.92 Å². The van der Waals surface area contributed by atoms with Crippen LogP contribution in [0.3, 0.4) is 0 Å². The smallest absolute Gasteiger partial charge is 0.338 e. The van der Waals surface area contributed by atoms with Gasteiger partial charge in [-0.15, -0.1) is 0 Å².